The Morgan fingerprint density at radius 2 is 2.11 bits per heavy atom. The van der Waals surface area contributed by atoms with Crippen LogP contribution in [0, 0.1) is 6.92 Å². The summed E-state index contributed by atoms with van der Waals surface area (Å²) in [6.07, 6.45) is -0.484. The Bertz CT molecular complexity index is 911. The van der Waals surface area contributed by atoms with Crippen LogP contribution >= 0.6 is 9.03 Å². The lowest BCUT2D eigenvalue weighted by Crippen LogP contribution is -2.33. The number of benzene rings is 1. The van der Waals surface area contributed by atoms with E-state index in [0.717, 1.165) is 0 Å². The molecule has 0 aliphatic carbocycles. The van der Waals surface area contributed by atoms with Crippen molar-refractivity contribution >= 4 is 15.0 Å². The molecule has 0 amide bonds. The summed E-state index contributed by atoms with van der Waals surface area (Å²) >= 11 is 0. The Morgan fingerprint density at radius 3 is 2.81 bits per heavy atom. The fourth-order valence-corrected chi connectivity index (χ4v) is 3.08. The standard InChI is InChI=1S/C17H19N2O7P/c1-10-8-19(17(22)18-15(10)20)14-7-12(13(25-14)9-24-27-23)26-16(21)11-5-3-2-4-6-11/h2-6,8,12-14,23,27H,7,9H2,1H3,(H,18,20,22)/t12-,13+,14+/m0/s1. The van der Waals surface area contributed by atoms with Crippen LogP contribution in [0.2, 0.25) is 0 Å². The van der Waals surface area contributed by atoms with E-state index in [1.807, 2.05) is 0 Å². The molecule has 144 valence electrons. The van der Waals surface area contributed by atoms with Gasteiger partial charge in [0.1, 0.15) is 18.4 Å². The lowest BCUT2D eigenvalue weighted by atomic mass is 10.1. The fourth-order valence-electron chi connectivity index (χ4n) is 2.84. The third kappa shape index (κ3) is 4.51. The molecule has 2 aromatic rings. The average molecular weight is 394 g/mol. The second kappa shape index (κ2) is 8.58. The molecule has 1 fully saturated rings. The molecule has 2 N–H and O–H groups in total. The molecule has 4 atom stereocenters. The number of aromatic nitrogens is 2. The number of ether oxygens (including phenoxy) is 2. The predicted molar refractivity (Wildman–Crippen MR) is 96.7 cm³/mol. The summed E-state index contributed by atoms with van der Waals surface area (Å²) in [4.78, 5) is 47.1. The van der Waals surface area contributed by atoms with Gasteiger partial charge >= 0.3 is 11.7 Å². The normalized spacial score (nSPS) is 22.4. The summed E-state index contributed by atoms with van der Waals surface area (Å²) in [7, 11) is -0.741. The largest absolute Gasteiger partial charge is 0.456 e. The van der Waals surface area contributed by atoms with Gasteiger partial charge in [0.05, 0.1) is 12.2 Å². The van der Waals surface area contributed by atoms with E-state index < -0.39 is 44.7 Å². The molecule has 0 bridgehead atoms. The van der Waals surface area contributed by atoms with Gasteiger partial charge in [0.25, 0.3) is 5.56 Å². The highest BCUT2D eigenvalue weighted by Gasteiger charge is 2.39. The van der Waals surface area contributed by atoms with Crippen molar-refractivity contribution in [2.75, 3.05) is 6.61 Å². The van der Waals surface area contributed by atoms with E-state index in [1.54, 1.807) is 37.3 Å². The maximum absolute atomic E-state index is 12.3. The van der Waals surface area contributed by atoms with Crippen LogP contribution in [0.5, 0.6) is 0 Å². The average Bonchev–Trinajstić information content (AvgIpc) is 3.06. The summed E-state index contributed by atoms with van der Waals surface area (Å²) in [6.45, 7) is 1.57. The Hall–Kier alpha value is -2.32. The van der Waals surface area contributed by atoms with Crippen molar-refractivity contribution in [1.82, 2.24) is 9.55 Å². The predicted octanol–water partition coefficient (Wildman–Crippen LogP) is 0.876. The van der Waals surface area contributed by atoms with Crippen molar-refractivity contribution in [2.45, 2.75) is 31.8 Å². The zero-order valence-corrected chi connectivity index (χ0v) is 15.5. The van der Waals surface area contributed by atoms with E-state index in [4.69, 9.17) is 18.9 Å². The lowest BCUT2D eigenvalue weighted by Gasteiger charge is -2.18. The van der Waals surface area contributed by atoms with Gasteiger partial charge in [-0.1, -0.05) is 18.2 Å². The zero-order chi connectivity index (χ0) is 19.4. The number of esters is 1. The third-order valence-electron chi connectivity index (χ3n) is 4.22. The second-order valence-electron chi connectivity index (χ2n) is 6.06. The molecule has 1 unspecified atom stereocenters. The SMILES string of the molecule is Cc1cn([C@H]2C[C@H](OC(=O)c3ccccc3)[C@@H](COPO)O2)c(=O)[nH]c1=O. The first-order chi connectivity index (χ1) is 13.0. The van der Waals surface area contributed by atoms with Gasteiger partial charge in [-0.3, -0.25) is 14.3 Å². The molecule has 9 nitrogen and oxygen atoms in total. The topological polar surface area (TPSA) is 120 Å². The van der Waals surface area contributed by atoms with Gasteiger partial charge in [-0.2, -0.15) is 0 Å². The van der Waals surface area contributed by atoms with E-state index >= 15 is 0 Å². The van der Waals surface area contributed by atoms with E-state index in [9.17, 15) is 14.4 Å². The summed E-state index contributed by atoms with van der Waals surface area (Å²) in [5.74, 6) is -0.522. The quantitative estimate of drug-likeness (QED) is 0.551. The Balaban J connectivity index is 1.80. The van der Waals surface area contributed by atoms with Gasteiger partial charge < -0.3 is 18.9 Å². The molecule has 10 heteroatoms. The minimum Gasteiger partial charge on any atom is -0.456 e. The summed E-state index contributed by atoms with van der Waals surface area (Å²) in [6, 6.07) is 8.49. The van der Waals surface area contributed by atoms with Gasteiger partial charge in [-0.05, 0) is 19.1 Å². The molecule has 1 aliphatic rings. The molecule has 0 radical (unpaired) electrons. The maximum Gasteiger partial charge on any atom is 0.338 e. The van der Waals surface area contributed by atoms with Crippen LogP contribution < -0.4 is 11.2 Å². The van der Waals surface area contributed by atoms with Gasteiger partial charge in [0.15, 0.2) is 9.03 Å². The number of nitrogens with zero attached hydrogens (tertiary/aromatic N) is 1. The highest BCUT2D eigenvalue weighted by molar-refractivity contribution is 7.24. The van der Waals surface area contributed by atoms with Gasteiger partial charge in [0, 0.05) is 18.2 Å². The first kappa shape index (κ1) is 19.4. The van der Waals surface area contributed by atoms with Crippen molar-refractivity contribution in [2.24, 2.45) is 0 Å². The van der Waals surface area contributed by atoms with Crippen LogP contribution in [0.3, 0.4) is 0 Å². The van der Waals surface area contributed by atoms with E-state index in [1.165, 1.54) is 10.8 Å². The number of nitrogens with one attached hydrogen (secondary N) is 1. The molecule has 1 aromatic carbocycles. The van der Waals surface area contributed by atoms with Crippen LogP contribution in [0.1, 0.15) is 28.6 Å². The minimum atomic E-state index is -0.741. The van der Waals surface area contributed by atoms with Crippen molar-refractivity contribution in [1.29, 1.82) is 0 Å². The number of H-pyrrole nitrogens is 1. The molecule has 0 spiro atoms. The summed E-state index contributed by atoms with van der Waals surface area (Å²) in [5, 5.41) is 0. The van der Waals surface area contributed by atoms with Crippen molar-refractivity contribution in [3.05, 3.63) is 68.5 Å². The van der Waals surface area contributed by atoms with Crippen LogP contribution in [0.25, 0.3) is 0 Å². The third-order valence-corrected chi connectivity index (χ3v) is 4.51. The minimum absolute atomic E-state index is 0.00470. The van der Waals surface area contributed by atoms with Crippen molar-refractivity contribution in [3.63, 3.8) is 0 Å². The Morgan fingerprint density at radius 1 is 1.37 bits per heavy atom. The molecule has 1 saturated heterocycles. The van der Waals surface area contributed by atoms with Gasteiger partial charge in [-0.25, -0.2) is 9.59 Å². The Kier molecular flexibility index (Phi) is 6.18. The van der Waals surface area contributed by atoms with E-state index in [-0.39, 0.29) is 13.0 Å². The highest BCUT2D eigenvalue weighted by atomic mass is 31.1. The first-order valence-electron chi connectivity index (χ1n) is 8.24. The molecule has 1 aliphatic heterocycles. The molecule has 27 heavy (non-hydrogen) atoms. The number of aryl methyl sites for hydroxylation is 1. The number of carbonyl (C=O) groups is 1. The highest BCUT2D eigenvalue weighted by Crippen LogP contribution is 2.31. The van der Waals surface area contributed by atoms with Crippen LogP contribution in [-0.2, 0) is 14.0 Å². The summed E-state index contributed by atoms with van der Waals surface area (Å²) in [5.41, 5.74) is -0.341. The lowest BCUT2D eigenvalue weighted by molar-refractivity contribution is -0.0467. The molecule has 2 heterocycles. The molecule has 3 rings (SSSR count). The van der Waals surface area contributed by atoms with Gasteiger partial charge in [0.2, 0.25) is 0 Å². The molecular formula is C17H19N2O7P. The number of hydrogen-bond donors (Lipinski definition) is 2. The fraction of sp³-hybridized carbons (Fsp3) is 0.353. The maximum atomic E-state index is 12.3. The zero-order valence-electron chi connectivity index (χ0n) is 14.5. The Labute approximate surface area is 155 Å². The van der Waals surface area contributed by atoms with Crippen molar-refractivity contribution < 1.29 is 23.7 Å². The first-order valence-corrected chi connectivity index (χ1v) is 9.09. The van der Waals surface area contributed by atoms with Crippen LogP contribution in [-0.4, -0.2) is 39.2 Å². The van der Waals surface area contributed by atoms with Crippen LogP contribution in [0.15, 0.2) is 46.1 Å². The monoisotopic (exact) mass is 394 g/mol. The van der Waals surface area contributed by atoms with Gasteiger partial charge in [-0.15, -0.1) is 0 Å². The summed E-state index contributed by atoms with van der Waals surface area (Å²) < 4.78 is 17.6. The molecular weight excluding hydrogens is 375 g/mol. The van der Waals surface area contributed by atoms with E-state index in [0.29, 0.717) is 11.1 Å². The van der Waals surface area contributed by atoms with Crippen molar-refractivity contribution in [3.8, 4) is 0 Å². The smallest absolute Gasteiger partial charge is 0.338 e. The number of aromatic amines is 1. The second-order valence-corrected chi connectivity index (χ2v) is 6.53. The molecule has 1 aromatic heterocycles. The van der Waals surface area contributed by atoms with E-state index in [2.05, 4.69) is 4.98 Å². The number of carbonyl (C=O) groups excluding carboxylic acids is 1. The molecule has 0 saturated carbocycles. The van der Waals surface area contributed by atoms with Crippen LogP contribution in [0.4, 0.5) is 0 Å². The number of rotatable bonds is 6. The number of hydrogen-bond acceptors (Lipinski definition) is 7.